The van der Waals surface area contributed by atoms with Crippen LogP contribution >= 0.6 is 11.3 Å². The van der Waals surface area contributed by atoms with E-state index in [1.807, 2.05) is 22.9 Å². The third-order valence-electron chi connectivity index (χ3n) is 5.86. The quantitative estimate of drug-likeness (QED) is 0.652. The number of ether oxygens (including phenoxy) is 1. The number of allylic oxidation sites excluding steroid dienone is 2. The Kier molecular flexibility index (Phi) is 6.05. The summed E-state index contributed by atoms with van der Waals surface area (Å²) in [6.07, 6.45) is 7.38. The van der Waals surface area contributed by atoms with Crippen molar-refractivity contribution in [3.05, 3.63) is 52.8 Å². The average molecular weight is 439 g/mol. The molecule has 164 valence electrons. The molecule has 1 aromatic heterocycles. The third kappa shape index (κ3) is 4.77. The van der Waals surface area contributed by atoms with Crippen LogP contribution in [0.2, 0.25) is 0 Å². The molecule has 0 bridgehead atoms. The molecule has 0 spiro atoms. The highest BCUT2D eigenvalue weighted by Crippen LogP contribution is 2.37. The van der Waals surface area contributed by atoms with Crippen LogP contribution in [-0.4, -0.2) is 23.7 Å². The fourth-order valence-corrected chi connectivity index (χ4v) is 4.84. The van der Waals surface area contributed by atoms with Crippen LogP contribution in [0.25, 0.3) is 11.3 Å². The number of fused-ring (bicyclic) bond motifs is 1. The van der Waals surface area contributed by atoms with Gasteiger partial charge in [-0.25, -0.2) is 4.68 Å². The molecule has 1 aliphatic carbocycles. The summed E-state index contributed by atoms with van der Waals surface area (Å²) in [7, 11) is 0. The second kappa shape index (κ2) is 8.75. The number of hydrogen-bond acceptors (Lipinski definition) is 5. The number of hydrogen-bond donors (Lipinski definition) is 2. The zero-order valence-electron chi connectivity index (χ0n) is 18.4. The first-order valence-electron chi connectivity index (χ1n) is 10.7. The summed E-state index contributed by atoms with van der Waals surface area (Å²) in [5.41, 5.74) is 7.82. The highest BCUT2D eigenvalue weighted by molar-refractivity contribution is 7.07. The molecule has 6 nitrogen and oxygen atoms in total. The molecule has 0 unspecified atom stereocenters. The number of aromatic nitrogens is 1. The average Bonchev–Trinajstić information content (AvgIpc) is 3.13. The van der Waals surface area contributed by atoms with Gasteiger partial charge in [0.05, 0.1) is 17.9 Å². The van der Waals surface area contributed by atoms with E-state index in [4.69, 9.17) is 4.74 Å². The van der Waals surface area contributed by atoms with Crippen molar-refractivity contribution in [2.24, 2.45) is 16.3 Å². The Balaban J connectivity index is 1.67. The summed E-state index contributed by atoms with van der Waals surface area (Å²) in [4.78, 5) is 17.3. The van der Waals surface area contributed by atoms with Crippen LogP contribution in [0.1, 0.15) is 40.0 Å². The predicted molar refractivity (Wildman–Crippen MR) is 127 cm³/mol. The van der Waals surface area contributed by atoms with Crippen LogP contribution in [0.15, 0.2) is 53.0 Å². The Morgan fingerprint density at radius 1 is 1.42 bits per heavy atom. The largest absolute Gasteiger partial charge is 0.482 e. The zero-order chi connectivity index (χ0) is 22.0. The van der Waals surface area contributed by atoms with E-state index in [1.165, 1.54) is 12.1 Å². The van der Waals surface area contributed by atoms with Crippen LogP contribution in [0.3, 0.4) is 0 Å². The molecule has 0 radical (unpaired) electrons. The molecule has 0 saturated heterocycles. The smallest absolute Gasteiger partial charge is 0.262 e. The first-order valence-corrected chi connectivity index (χ1v) is 11.6. The van der Waals surface area contributed by atoms with E-state index in [2.05, 4.69) is 54.5 Å². The summed E-state index contributed by atoms with van der Waals surface area (Å²) in [5.74, 6) is 1.25. The van der Waals surface area contributed by atoms with Gasteiger partial charge in [0.25, 0.3) is 5.91 Å². The van der Waals surface area contributed by atoms with E-state index in [0.717, 1.165) is 28.9 Å². The number of nitrogens with zero attached hydrogens (tertiary/aromatic N) is 2. The van der Waals surface area contributed by atoms with Crippen molar-refractivity contribution in [1.82, 2.24) is 4.68 Å². The van der Waals surface area contributed by atoms with Crippen LogP contribution in [0.4, 0.5) is 5.69 Å². The van der Waals surface area contributed by atoms with E-state index >= 15 is 0 Å². The van der Waals surface area contributed by atoms with Gasteiger partial charge in [0.15, 0.2) is 6.61 Å². The second-order valence-electron chi connectivity index (χ2n) is 9.09. The van der Waals surface area contributed by atoms with Crippen molar-refractivity contribution in [1.29, 1.82) is 0 Å². The molecule has 2 aromatic rings. The van der Waals surface area contributed by atoms with Gasteiger partial charge in [-0.2, -0.15) is 0 Å². The maximum Gasteiger partial charge on any atom is 0.262 e. The standard InChI is InChI=1S/C24H30N4O2S/c1-5-12-25-23-28(27-18-9-7-17(8-10-18)24(2,3)4)20(15-31-23)16-6-11-21-19(13-16)26-22(29)14-30-21/h5-6,9,11,13,15,17,27H,1,7-8,10,12,14H2,2-4H3,(H,26,29)/t17-/m0/s1. The normalized spacial score (nSPS) is 19.2. The molecule has 7 heteroatoms. The molecular formula is C24H30N4O2S. The minimum Gasteiger partial charge on any atom is -0.482 e. The van der Waals surface area contributed by atoms with E-state index < -0.39 is 0 Å². The van der Waals surface area contributed by atoms with Crippen molar-refractivity contribution in [3.8, 4) is 17.0 Å². The van der Waals surface area contributed by atoms with Crippen LogP contribution in [0.5, 0.6) is 5.75 Å². The molecule has 0 fully saturated rings. The number of rotatable bonds is 5. The Morgan fingerprint density at radius 2 is 2.26 bits per heavy atom. The summed E-state index contributed by atoms with van der Waals surface area (Å²) in [5, 5.41) is 4.98. The molecule has 2 N–H and O–H groups in total. The fourth-order valence-electron chi connectivity index (χ4n) is 3.98. The van der Waals surface area contributed by atoms with Gasteiger partial charge in [-0.3, -0.25) is 15.2 Å². The van der Waals surface area contributed by atoms with E-state index in [1.54, 1.807) is 17.4 Å². The Morgan fingerprint density at radius 3 is 2.97 bits per heavy atom. The molecule has 1 aromatic carbocycles. The van der Waals surface area contributed by atoms with Crippen molar-refractivity contribution < 1.29 is 9.53 Å². The number of thiazole rings is 1. The Bertz CT molecular complexity index is 1090. The van der Waals surface area contributed by atoms with Gasteiger partial charge >= 0.3 is 0 Å². The number of benzene rings is 1. The topological polar surface area (TPSA) is 67.6 Å². The Labute approximate surface area is 187 Å². The van der Waals surface area contributed by atoms with Gasteiger partial charge in [-0.05, 0) is 48.8 Å². The fraction of sp³-hybridized carbons (Fsp3) is 0.417. The second-order valence-corrected chi connectivity index (χ2v) is 9.93. The Hall–Kier alpha value is -2.80. The minimum atomic E-state index is -0.136. The lowest BCUT2D eigenvalue weighted by Crippen LogP contribution is -2.29. The number of carbonyl (C=O) groups excluding carboxylic acids is 1. The number of anilines is 1. The van der Waals surface area contributed by atoms with Crippen LogP contribution in [-0.2, 0) is 4.79 Å². The molecule has 2 aliphatic rings. The summed E-state index contributed by atoms with van der Waals surface area (Å²) < 4.78 is 7.55. The lowest BCUT2D eigenvalue weighted by Gasteiger charge is -2.33. The first kappa shape index (κ1) is 21.4. The molecule has 1 atom stereocenters. The van der Waals surface area contributed by atoms with Crippen molar-refractivity contribution in [2.45, 2.75) is 40.0 Å². The van der Waals surface area contributed by atoms with Crippen LogP contribution in [0, 0.1) is 11.3 Å². The lowest BCUT2D eigenvalue weighted by atomic mass is 9.74. The summed E-state index contributed by atoms with van der Waals surface area (Å²) in [6, 6.07) is 5.87. The van der Waals surface area contributed by atoms with Crippen molar-refractivity contribution in [3.63, 3.8) is 0 Å². The molecular weight excluding hydrogens is 408 g/mol. The van der Waals surface area contributed by atoms with Crippen molar-refractivity contribution in [2.75, 3.05) is 23.9 Å². The molecule has 2 heterocycles. The zero-order valence-corrected chi connectivity index (χ0v) is 19.2. The lowest BCUT2D eigenvalue weighted by molar-refractivity contribution is -0.118. The highest BCUT2D eigenvalue weighted by atomic mass is 32.1. The number of carbonyl (C=O) groups is 1. The van der Waals surface area contributed by atoms with Crippen molar-refractivity contribution >= 4 is 22.9 Å². The maximum absolute atomic E-state index is 11.7. The SMILES string of the molecule is C=CCN=c1scc(-c2ccc3c(c2)NC(=O)CO3)n1NC1=CC[C@H](C(C)(C)C)CC1. The first-order chi connectivity index (χ1) is 14.8. The molecule has 31 heavy (non-hydrogen) atoms. The molecule has 0 saturated carbocycles. The summed E-state index contributed by atoms with van der Waals surface area (Å²) in [6.45, 7) is 11.4. The van der Waals surface area contributed by atoms with E-state index in [-0.39, 0.29) is 12.5 Å². The molecule has 4 rings (SSSR count). The maximum atomic E-state index is 11.7. The van der Waals surface area contributed by atoms with Gasteiger partial charge in [-0.15, -0.1) is 17.9 Å². The number of nitrogens with one attached hydrogen (secondary N) is 2. The third-order valence-corrected chi connectivity index (χ3v) is 6.73. The summed E-state index contributed by atoms with van der Waals surface area (Å²) >= 11 is 1.58. The van der Waals surface area contributed by atoms with Crippen LogP contribution < -0.4 is 20.3 Å². The molecule has 1 aliphatic heterocycles. The minimum absolute atomic E-state index is 0.0562. The monoisotopic (exact) mass is 438 g/mol. The van der Waals surface area contributed by atoms with E-state index in [9.17, 15) is 4.79 Å². The number of amides is 1. The van der Waals surface area contributed by atoms with Gasteiger partial charge in [0.1, 0.15) is 5.75 Å². The predicted octanol–water partition coefficient (Wildman–Crippen LogP) is 4.91. The highest BCUT2D eigenvalue weighted by Gasteiger charge is 2.26. The molecule has 1 amide bonds. The van der Waals surface area contributed by atoms with Gasteiger partial charge < -0.3 is 10.1 Å². The van der Waals surface area contributed by atoms with Gasteiger partial charge in [0, 0.05) is 16.6 Å². The van der Waals surface area contributed by atoms with Gasteiger partial charge in [0.2, 0.25) is 4.80 Å². The van der Waals surface area contributed by atoms with Gasteiger partial charge in [-0.1, -0.05) is 32.9 Å². The van der Waals surface area contributed by atoms with E-state index in [0.29, 0.717) is 29.3 Å².